The van der Waals surface area contributed by atoms with Crippen LogP contribution in [0.2, 0.25) is 0 Å². The first-order valence-corrected chi connectivity index (χ1v) is 8.75. The summed E-state index contributed by atoms with van der Waals surface area (Å²) in [6.45, 7) is 4.94. The highest BCUT2D eigenvalue weighted by molar-refractivity contribution is 6.03. The summed E-state index contributed by atoms with van der Waals surface area (Å²) in [6, 6.07) is 11.7. The summed E-state index contributed by atoms with van der Waals surface area (Å²) in [7, 11) is 0. The fourth-order valence-corrected chi connectivity index (χ4v) is 2.29. The maximum atomic E-state index is 12.2. The van der Waals surface area contributed by atoms with Gasteiger partial charge in [-0.1, -0.05) is 19.1 Å². The average Bonchev–Trinajstić information content (AvgIpc) is 2.66. The number of nitrogens with one attached hydrogen (secondary N) is 1. The molecule has 27 heavy (non-hydrogen) atoms. The summed E-state index contributed by atoms with van der Waals surface area (Å²) in [5.74, 6) is -0.253. The molecule has 0 radical (unpaired) electrons. The molecule has 2 aromatic rings. The van der Waals surface area contributed by atoms with Crippen molar-refractivity contribution in [1.29, 1.82) is 0 Å². The van der Waals surface area contributed by atoms with E-state index in [1.165, 1.54) is 18.2 Å². The molecule has 142 valence electrons. The third-order valence-electron chi connectivity index (χ3n) is 3.56. The normalized spacial score (nSPS) is 10.6. The van der Waals surface area contributed by atoms with Gasteiger partial charge in [-0.05, 0) is 55.3 Å². The summed E-state index contributed by atoms with van der Waals surface area (Å²) in [5.41, 5.74) is 1.24. The van der Waals surface area contributed by atoms with Crippen molar-refractivity contribution in [3.8, 4) is 11.5 Å². The molecule has 0 aliphatic carbocycles. The fraction of sp³-hybridized carbons (Fsp3) is 0.238. The molecule has 6 heteroatoms. The number of hydrogen-bond acceptors (Lipinski definition) is 4. The first-order chi connectivity index (χ1) is 13.0. The molecule has 0 bridgehead atoms. The maximum absolute atomic E-state index is 12.2. The number of hydrogen-bond donors (Lipinski definition) is 2. The van der Waals surface area contributed by atoms with Gasteiger partial charge in [0.05, 0.1) is 24.5 Å². The highest BCUT2D eigenvalue weighted by Gasteiger charge is 2.11. The molecule has 0 saturated heterocycles. The molecule has 0 fully saturated rings. The van der Waals surface area contributed by atoms with Crippen molar-refractivity contribution >= 4 is 23.6 Å². The Hall–Kier alpha value is -3.28. The van der Waals surface area contributed by atoms with E-state index in [9.17, 15) is 9.59 Å². The van der Waals surface area contributed by atoms with Gasteiger partial charge in [-0.15, -0.1) is 0 Å². The van der Waals surface area contributed by atoms with Crippen LogP contribution in [0.15, 0.2) is 48.5 Å². The number of carboxylic acids is 1. The van der Waals surface area contributed by atoms with Crippen molar-refractivity contribution < 1.29 is 24.2 Å². The molecule has 2 N–H and O–H groups in total. The van der Waals surface area contributed by atoms with Crippen LogP contribution in [0.5, 0.6) is 11.5 Å². The maximum Gasteiger partial charge on any atom is 0.335 e. The largest absolute Gasteiger partial charge is 0.494 e. The first-order valence-electron chi connectivity index (χ1n) is 8.75. The van der Waals surface area contributed by atoms with E-state index in [2.05, 4.69) is 5.32 Å². The van der Waals surface area contributed by atoms with Gasteiger partial charge in [0.2, 0.25) is 5.91 Å². The molecule has 0 aliphatic rings. The third kappa shape index (κ3) is 6.18. The van der Waals surface area contributed by atoms with Gasteiger partial charge < -0.3 is 19.9 Å². The van der Waals surface area contributed by atoms with Gasteiger partial charge in [0.25, 0.3) is 0 Å². The Bertz CT molecular complexity index is 812. The van der Waals surface area contributed by atoms with Gasteiger partial charge in [0, 0.05) is 6.08 Å². The quantitative estimate of drug-likeness (QED) is 0.646. The van der Waals surface area contributed by atoms with E-state index in [-0.39, 0.29) is 11.5 Å². The minimum Gasteiger partial charge on any atom is -0.494 e. The lowest BCUT2D eigenvalue weighted by molar-refractivity contribution is -0.111. The van der Waals surface area contributed by atoms with Crippen LogP contribution in [-0.4, -0.2) is 30.2 Å². The standard InChI is InChI=1S/C21H23NO5/c1-3-13-27-19-11-8-16(21(24)25)14-18(19)22-20(23)12-7-15-5-9-17(10-6-15)26-4-2/h5-12,14H,3-4,13H2,1-2H3,(H,22,23)(H,24,25)/b12-7+. The van der Waals surface area contributed by atoms with E-state index >= 15 is 0 Å². The summed E-state index contributed by atoms with van der Waals surface area (Å²) in [6.07, 6.45) is 3.84. The van der Waals surface area contributed by atoms with E-state index in [1.54, 1.807) is 12.1 Å². The lowest BCUT2D eigenvalue weighted by Crippen LogP contribution is -2.11. The number of anilines is 1. The molecule has 0 aliphatic heterocycles. The summed E-state index contributed by atoms with van der Waals surface area (Å²) < 4.78 is 11.0. The molecular formula is C21H23NO5. The molecule has 0 atom stereocenters. The SMILES string of the molecule is CCCOc1ccc(C(=O)O)cc1NC(=O)/C=C/c1ccc(OCC)cc1. The van der Waals surface area contributed by atoms with E-state index in [0.29, 0.717) is 24.7 Å². The fourth-order valence-electron chi connectivity index (χ4n) is 2.29. The van der Waals surface area contributed by atoms with Crippen LogP contribution in [0.25, 0.3) is 6.08 Å². The van der Waals surface area contributed by atoms with Crippen LogP contribution in [0.3, 0.4) is 0 Å². The van der Waals surface area contributed by atoms with Crippen LogP contribution in [0, 0.1) is 0 Å². The second kappa shape index (κ2) is 10.0. The van der Waals surface area contributed by atoms with Crippen molar-refractivity contribution in [2.45, 2.75) is 20.3 Å². The number of carboxylic acid groups (broad SMARTS) is 1. The summed E-state index contributed by atoms with van der Waals surface area (Å²) >= 11 is 0. The van der Waals surface area contributed by atoms with Gasteiger partial charge in [-0.25, -0.2) is 4.79 Å². The summed E-state index contributed by atoms with van der Waals surface area (Å²) in [5, 5.41) is 11.8. The molecule has 2 rings (SSSR count). The van der Waals surface area contributed by atoms with Gasteiger partial charge >= 0.3 is 5.97 Å². The highest BCUT2D eigenvalue weighted by Crippen LogP contribution is 2.26. The number of ether oxygens (including phenoxy) is 2. The van der Waals surface area contributed by atoms with Crippen molar-refractivity contribution in [1.82, 2.24) is 0 Å². The van der Waals surface area contributed by atoms with E-state index in [4.69, 9.17) is 14.6 Å². The predicted molar refractivity (Wildman–Crippen MR) is 104 cm³/mol. The number of carbonyl (C=O) groups excluding carboxylic acids is 1. The van der Waals surface area contributed by atoms with E-state index in [1.807, 2.05) is 38.1 Å². The van der Waals surface area contributed by atoms with Crippen LogP contribution in [0.1, 0.15) is 36.2 Å². The Labute approximate surface area is 158 Å². The number of benzene rings is 2. The monoisotopic (exact) mass is 369 g/mol. The minimum atomic E-state index is -1.07. The Morgan fingerprint density at radius 1 is 1.07 bits per heavy atom. The Balaban J connectivity index is 2.10. The third-order valence-corrected chi connectivity index (χ3v) is 3.56. The van der Waals surface area contributed by atoms with E-state index in [0.717, 1.165) is 17.7 Å². The molecule has 6 nitrogen and oxygen atoms in total. The zero-order valence-electron chi connectivity index (χ0n) is 15.4. The number of rotatable bonds is 9. The summed E-state index contributed by atoms with van der Waals surface area (Å²) in [4.78, 5) is 23.4. The molecule has 0 unspecified atom stereocenters. The molecule has 0 aromatic heterocycles. The van der Waals surface area contributed by atoms with Gasteiger partial charge in [-0.2, -0.15) is 0 Å². The smallest absolute Gasteiger partial charge is 0.335 e. The van der Waals surface area contributed by atoms with Crippen LogP contribution in [-0.2, 0) is 4.79 Å². The topological polar surface area (TPSA) is 84.9 Å². The zero-order valence-corrected chi connectivity index (χ0v) is 15.4. The lowest BCUT2D eigenvalue weighted by Gasteiger charge is -2.12. The molecule has 1 amide bonds. The first kappa shape index (κ1) is 20.0. The number of aromatic carboxylic acids is 1. The van der Waals surface area contributed by atoms with Crippen molar-refractivity contribution in [3.05, 3.63) is 59.7 Å². The number of carbonyl (C=O) groups is 2. The van der Waals surface area contributed by atoms with Crippen LogP contribution < -0.4 is 14.8 Å². The van der Waals surface area contributed by atoms with Crippen LogP contribution in [0.4, 0.5) is 5.69 Å². The zero-order chi connectivity index (χ0) is 19.6. The Morgan fingerprint density at radius 3 is 2.44 bits per heavy atom. The van der Waals surface area contributed by atoms with Crippen molar-refractivity contribution in [3.63, 3.8) is 0 Å². The molecule has 0 heterocycles. The second-order valence-corrected chi connectivity index (χ2v) is 5.69. The highest BCUT2D eigenvalue weighted by atomic mass is 16.5. The average molecular weight is 369 g/mol. The number of amides is 1. The molecule has 0 spiro atoms. The van der Waals surface area contributed by atoms with Gasteiger partial charge in [0.1, 0.15) is 11.5 Å². The van der Waals surface area contributed by atoms with Gasteiger partial charge in [0.15, 0.2) is 0 Å². The van der Waals surface area contributed by atoms with Crippen molar-refractivity contribution in [2.75, 3.05) is 18.5 Å². The Kier molecular flexibility index (Phi) is 7.43. The lowest BCUT2D eigenvalue weighted by atomic mass is 10.1. The van der Waals surface area contributed by atoms with E-state index < -0.39 is 5.97 Å². The van der Waals surface area contributed by atoms with Crippen molar-refractivity contribution in [2.24, 2.45) is 0 Å². The van der Waals surface area contributed by atoms with Crippen LogP contribution >= 0.6 is 0 Å². The minimum absolute atomic E-state index is 0.0737. The van der Waals surface area contributed by atoms with Gasteiger partial charge in [-0.3, -0.25) is 4.79 Å². The Morgan fingerprint density at radius 2 is 1.81 bits per heavy atom. The molecular weight excluding hydrogens is 346 g/mol. The molecule has 0 saturated carbocycles. The second-order valence-electron chi connectivity index (χ2n) is 5.69. The molecule has 2 aromatic carbocycles. The predicted octanol–water partition coefficient (Wildman–Crippen LogP) is 4.22.